The summed E-state index contributed by atoms with van der Waals surface area (Å²) in [6.45, 7) is 3.33. The summed E-state index contributed by atoms with van der Waals surface area (Å²) >= 11 is -3.45. The van der Waals surface area contributed by atoms with E-state index in [1.165, 1.54) is 6.08 Å². The molecule has 0 N–H and O–H groups in total. The summed E-state index contributed by atoms with van der Waals surface area (Å²) in [5.74, 6) is 0. The summed E-state index contributed by atoms with van der Waals surface area (Å²) in [6.07, 6.45) is 1.48. The monoisotopic (exact) mass is 121 g/mol. The zero-order chi connectivity index (χ0) is 5.91. The average molecular weight is 120 g/mol. The summed E-state index contributed by atoms with van der Waals surface area (Å²) < 4.78 is 20.3. The molecule has 0 aromatic rings. The van der Waals surface area contributed by atoms with Crippen molar-refractivity contribution < 1.29 is 0 Å². The maximum absolute atomic E-state index is 6.78. The Bertz CT molecular complexity index is 65.1. The average Bonchev–Trinajstić information content (AvgIpc) is 1.30. The van der Waals surface area contributed by atoms with Gasteiger partial charge in [0.2, 0.25) is 0 Å². The first-order valence-corrected chi connectivity index (χ1v) is 2.65. The van der Waals surface area contributed by atoms with Gasteiger partial charge in [-0.2, -0.15) is 0 Å². The van der Waals surface area contributed by atoms with Crippen LogP contribution in [-0.4, -0.2) is 18.9 Å². The molecule has 0 heterocycles. The minimum absolute atomic E-state index is 0.292. The van der Waals surface area contributed by atoms with Gasteiger partial charge in [0.1, 0.15) is 0 Å². The van der Waals surface area contributed by atoms with Crippen LogP contribution < -0.4 is 0 Å². The quantitative estimate of drug-likeness (QED) is 0.354. The van der Waals surface area contributed by atoms with E-state index in [-0.39, 0.29) is 0 Å². The van der Waals surface area contributed by atoms with E-state index in [0.717, 1.165) is 0 Å². The fraction of sp³-hybridized carbons (Fsp3) is 0.333. The van der Waals surface area contributed by atoms with Crippen LogP contribution in [0.1, 0.15) is 0 Å². The van der Waals surface area contributed by atoms with Gasteiger partial charge in [-0.05, 0) is 0 Å². The zero-order valence-electron chi connectivity index (χ0n) is 5.49. The topological polar surface area (TPSA) is 0 Å². The van der Waals surface area contributed by atoms with Gasteiger partial charge in [0.05, 0.1) is 0 Å². The molecule has 0 aromatic carbocycles. The second kappa shape index (κ2) is 3.28. The van der Waals surface area contributed by atoms with E-state index in [1.807, 2.05) is 0 Å². The van der Waals surface area contributed by atoms with Gasteiger partial charge < -0.3 is 0 Å². The molecular formula is C3H8Ge. The molecule has 0 saturated heterocycles. The summed E-state index contributed by atoms with van der Waals surface area (Å²) in [7, 11) is 0. The maximum atomic E-state index is 6.78. The first kappa shape index (κ1) is 1.17. The Labute approximate surface area is 37.7 Å². The predicted octanol–water partition coefficient (Wildman–Crippen LogP) is -0.0439. The third kappa shape index (κ3) is 2.28. The van der Waals surface area contributed by atoms with Crippen molar-refractivity contribution in [1.82, 2.24) is 0 Å². The second-order valence-electron chi connectivity index (χ2n) is 0.493. The van der Waals surface area contributed by atoms with Crippen molar-refractivity contribution in [3.8, 4) is 0 Å². The van der Waals surface area contributed by atoms with E-state index in [9.17, 15) is 0 Å². The Balaban J connectivity index is 3.34. The van der Waals surface area contributed by atoms with Gasteiger partial charge in [-0.1, -0.05) is 0 Å². The SMILES string of the molecule is [2H][Ge]([2H])([2H])[CH2]C=C. The molecule has 0 aliphatic heterocycles. The number of hydrogen-bond acceptors (Lipinski definition) is 0. The molecule has 0 unspecified atom stereocenters. The zero-order valence-corrected chi connectivity index (χ0v) is 4.59. The van der Waals surface area contributed by atoms with Crippen molar-refractivity contribution in [2.45, 2.75) is 5.25 Å². The summed E-state index contributed by atoms with van der Waals surface area (Å²) in [5, 5.41) is 0.292. The molecule has 0 spiro atoms. The van der Waals surface area contributed by atoms with Crippen LogP contribution in [0.4, 0.5) is 0 Å². The minimum atomic E-state index is -3.45. The molecule has 4 heavy (non-hydrogen) atoms. The van der Waals surface area contributed by atoms with Crippen molar-refractivity contribution in [1.29, 1.82) is 2.78 Å². The van der Waals surface area contributed by atoms with Gasteiger partial charge in [0, 0.05) is 0 Å². The van der Waals surface area contributed by atoms with Crippen LogP contribution >= 0.6 is 0 Å². The molecule has 0 nitrogen and oxygen atoms in total. The molecule has 0 aliphatic rings. The van der Waals surface area contributed by atoms with Crippen LogP contribution in [0.15, 0.2) is 12.7 Å². The summed E-state index contributed by atoms with van der Waals surface area (Å²) in [5.41, 5.74) is 0. The predicted molar refractivity (Wildman–Crippen MR) is 24.9 cm³/mol. The summed E-state index contributed by atoms with van der Waals surface area (Å²) in [4.78, 5) is 0. The van der Waals surface area contributed by atoms with Gasteiger partial charge in [-0.15, -0.1) is 0 Å². The molecule has 0 atom stereocenters. The molecule has 1 heteroatoms. The van der Waals surface area contributed by atoms with E-state index in [4.69, 9.17) is 2.78 Å². The molecule has 24 valence electrons. The van der Waals surface area contributed by atoms with Crippen LogP contribution in [0, 0.1) is 0 Å². The van der Waals surface area contributed by atoms with Crippen molar-refractivity contribution in [3.05, 3.63) is 12.7 Å². The molecule has 0 rings (SSSR count). The van der Waals surface area contributed by atoms with Gasteiger partial charge in [-0.25, -0.2) is 0 Å². The number of rotatable bonds is 2. The first-order chi connectivity index (χ1) is 3.06. The van der Waals surface area contributed by atoms with Crippen LogP contribution in [-0.2, 0) is 0 Å². The van der Waals surface area contributed by atoms with Gasteiger partial charge >= 0.3 is 36.8 Å². The fourth-order valence-electron chi connectivity index (χ4n) is 0. The van der Waals surface area contributed by atoms with Crippen molar-refractivity contribution >= 4 is 16.1 Å². The second-order valence-corrected chi connectivity index (χ2v) is 1.35. The Morgan fingerprint density at radius 1 is 2.50 bits per heavy atom. The molecule has 0 bridgehead atoms. The van der Waals surface area contributed by atoms with E-state index in [0.29, 0.717) is 5.25 Å². The number of hydrogen-bond donors (Lipinski definition) is 0. The van der Waals surface area contributed by atoms with E-state index >= 15 is 0 Å². The molecule has 0 aliphatic carbocycles. The van der Waals surface area contributed by atoms with Crippen LogP contribution in [0.5, 0.6) is 0 Å². The van der Waals surface area contributed by atoms with Crippen molar-refractivity contribution in [2.24, 2.45) is 0 Å². The summed E-state index contributed by atoms with van der Waals surface area (Å²) in [6, 6.07) is 0. The van der Waals surface area contributed by atoms with Gasteiger partial charge in [0.25, 0.3) is 0 Å². The van der Waals surface area contributed by atoms with Crippen LogP contribution in [0.3, 0.4) is 0 Å². The van der Waals surface area contributed by atoms with Crippen molar-refractivity contribution in [3.63, 3.8) is 0 Å². The fourth-order valence-corrected chi connectivity index (χ4v) is 0. The third-order valence-electron chi connectivity index (χ3n) is 0.144. The Morgan fingerprint density at radius 3 is 3.25 bits per heavy atom. The Morgan fingerprint density at radius 2 is 3.25 bits per heavy atom. The van der Waals surface area contributed by atoms with Crippen LogP contribution in [0.2, 0.25) is 5.25 Å². The van der Waals surface area contributed by atoms with E-state index in [1.54, 1.807) is 0 Å². The molecule has 0 aromatic heterocycles. The molecule has 0 radical (unpaired) electrons. The molecular weight excluding hydrogens is 109 g/mol. The Hall–Kier alpha value is 0.283. The van der Waals surface area contributed by atoms with E-state index in [2.05, 4.69) is 6.58 Å². The van der Waals surface area contributed by atoms with E-state index < -0.39 is 16.1 Å². The van der Waals surface area contributed by atoms with Crippen molar-refractivity contribution in [2.75, 3.05) is 0 Å². The standard InChI is InChI=1S/C3H8Ge/c1-2-3-4/h2H,1,3H2,4H3/i4D3. The van der Waals surface area contributed by atoms with Gasteiger partial charge in [-0.3, -0.25) is 0 Å². The third-order valence-corrected chi connectivity index (χ3v) is 0.750. The van der Waals surface area contributed by atoms with Gasteiger partial charge in [0.15, 0.2) is 0 Å². The number of allylic oxidation sites excluding steroid dienone is 1. The molecule has 0 fully saturated rings. The van der Waals surface area contributed by atoms with Crippen LogP contribution in [0.25, 0.3) is 0 Å². The Kier molecular flexibility index (Phi) is 0.960. The first-order valence-electron chi connectivity index (χ1n) is 2.67. The molecule has 0 saturated carbocycles. The molecule has 0 amide bonds. The normalized spacial score (nSPS) is 20.5.